The van der Waals surface area contributed by atoms with Crippen molar-refractivity contribution in [2.24, 2.45) is 0 Å². The summed E-state index contributed by atoms with van der Waals surface area (Å²) in [6.45, 7) is 2.14. The van der Waals surface area contributed by atoms with Crippen LogP contribution >= 0.6 is 0 Å². The van der Waals surface area contributed by atoms with Gasteiger partial charge in [-0.05, 0) is 43.2 Å². The highest BCUT2D eigenvalue weighted by Crippen LogP contribution is 2.14. The quantitative estimate of drug-likeness (QED) is 0.818. The fourth-order valence-corrected chi connectivity index (χ4v) is 2.18. The Morgan fingerprint density at radius 1 is 1.12 bits per heavy atom. The van der Waals surface area contributed by atoms with Crippen molar-refractivity contribution < 1.29 is 18.3 Å². The van der Waals surface area contributed by atoms with E-state index in [-0.39, 0.29) is 5.91 Å². The summed E-state index contributed by atoms with van der Waals surface area (Å²) in [6, 6.07) is 10.5. The standard InChI is InChI=1S/C18H20F2N2O2/c1-12(22-14-5-8-16(19)17(20)11-14)18(23)21-10-9-13-3-6-15(24-2)7-4-13/h3-8,11-12,22H,9-10H2,1-2H3,(H,21,23). The Balaban J connectivity index is 1.79. The summed E-state index contributed by atoms with van der Waals surface area (Å²) in [5, 5.41) is 5.64. The molecular formula is C18H20F2N2O2. The summed E-state index contributed by atoms with van der Waals surface area (Å²) in [5.41, 5.74) is 1.43. The Hall–Kier alpha value is -2.63. The summed E-state index contributed by atoms with van der Waals surface area (Å²) in [7, 11) is 1.61. The maximum atomic E-state index is 13.2. The van der Waals surface area contributed by atoms with E-state index in [1.165, 1.54) is 6.07 Å². The lowest BCUT2D eigenvalue weighted by atomic mass is 10.1. The molecule has 0 bridgehead atoms. The second-order valence-electron chi connectivity index (χ2n) is 5.38. The Morgan fingerprint density at radius 2 is 1.83 bits per heavy atom. The second-order valence-corrected chi connectivity index (χ2v) is 5.38. The Kier molecular flexibility index (Phi) is 6.12. The van der Waals surface area contributed by atoms with Crippen LogP contribution in [0.1, 0.15) is 12.5 Å². The third-order valence-corrected chi connectivity index (χ3v) is 3.57. The second kappa shape index (κ2) is 8.29. The Labute approximate surface area is 139 Å². The molecule has 1 amide bonds. The zero-order valence-electron chi connectivity index (χ0n) is 13.6. The van der Waals surface area contributed by atoms with Gasteiger partial charge >= 0.3 is 0 Å². The number of benzene rings is 2. The highest BCUT2D eigenvalue weighted by atomic mass is 19.2. The van der Waals surface area contributed by atoms with Crippen LogP contribution in [0.4, 0.5) is 14.5 Å². The summed E-state index contributed by atoms with van der Waals surface area (Å²) in [4.78, 5) is 12.0. The van der Waals surface area contributed by atoms with Crippen LogP contribution in [0.2, 0.25) is 0 Å². The van der Waals surface area contributed by atoms with Gasteiger partial charge in [-0.25, -0.2) is 8.78 Å². The molecule has 0 heterocycles. The average Bonchev–Trinajstić information content (AvgIpc) is 2.58. The molecule has 0 saturated carbocycles. The van der Waals surface area contributed by atoms with Gasteiger partial charge in [-0.1, -0.05) is 12.1 Å². The third-order valence-electron chi connectivity index (χ3n) is 3.57. The predicted octanol–water partition coefficient (Wildman–Crippen LogP) is 3.13. The maximum Gasteiger partial charge on any atom is 0.242 e. The van der Waals surface area contributed by atoms with Gasteiger partial charge in [0, 0.05) is 18.3 Å². The number of hydrogen-bond acceptors (Lipinski definition) is 3. The fraction of sp³-hybridized carbons (Fsp3) is 0.278. The molecule has 6 heteroatoms. The summed E-state index contributed by atoms with van der Waals surface area (Å²) < 4.78 is 31.1. The van der Waals surface area contributed by atoms with Crippen LogP contribution in [0, 0.1) is 11.6 Å². The predicted molar refractivity (Wildman–Crippen MR) is 89.2 cm³/mol. The molecule has 0 aliphatic rings. The number of amides is 1. The maximum absolute atomic E-state index is 13.2. The van der Waals surface area contributed by atoms with Crippen LogP contribution < -0.4 is 15.4 Å². The topological polar surface area (TPSA) is 50.4 Å². The highest BCUT2D eigenvalue weighted by molar-refractivity contribution is 5.84. The van der Waals surface area contributed by atoms with E-state index in [1.807, 2.05) is 24.3 Å². The molecule has 0 spiro atoms. The van der Waals surface area contributed by atoms with Crippen LogP contribution in [0.15, 0.2) is 42.5 Å². The molecule has 0 saturated heterocycles. The van der Waals surface area contributed by atoms with E-state index in [2.05, 4.69) is 10.6 Å². The van der Waals surface area contributed by atoms with Gasteiger partial charge in [-0.2, -0.15) is 0 Å². The molecular weight excluding hydrogens is 314 g/mol. The minimum absolute atomic E-state index is 0.215. The number of nitrogens with one attached hydrogen (secondary N) is 2. The van der Waals surface area contributed by atoms with E-state index >= 15 is 0 Å². The minimum Gasteiger partial charge on any atom is -0.497 e. The molecule has 0 aromatic heterocycles. The lowest BCUT2D eigenvalue weighted by molar-refractivity contribution is -0.121. The third kappa shape index (κ3) is 4.94. The average molecular weight is 334 g/mol. The molecule has 0 radical (unpaired) electrons. The van der Waals surface area contributed by atoms with Crippen molar-refractivity contribution >= 4 is 11.6 Å². The van der Waals surface area contributed by atoms with Gasteiger partial charge < -0.3 is 15.4 Å². The van der Waals surface area contributed by atoms with Crippen LogP contribution in [0.25, 0.3) is 0 Å². The fourth-order valence-electron chi connectivity index (χ4n) is 2.18. The SMILES string of the molecule is COc1ccc(CCNC(=O)C(C)Nc2ccc(F)c(F)c2)cc1. The van der Waals surface area contributed by atoms with Gasteiger partial charge in [-0.15, -0.1) is 0 Å². The first-order valence-electron chi connectivity index (χ1n) is 7.62. The van der Waals surface area contributed by atoms with Gasteiger partial charge in [0.05, 0.1) is 7.11 Å². The minimum atomic E-state index is -0.952. The number of hydrogen-bond donors (Lipinski definition) is 2. The molecule has 2 N–H and O–H groups in total. The number of ether oxygens (including phenoxy) is 1. The van der Waals surface area contributed by atoms with Crippen molar-refractivity contribution in [3.8, 4) is 5.75 Å². The van der Waals surface area contributed by atoms with Crippen molar-refractivity contribution in [1.29, 1.82) is 0 Å². The number of carbonyl (C=O) groups excluding carboxylic acids is 1. The largest absolute Gasteiger partial charge is 0.497 e. The van der Waals surface area contributed by atoms with Crippen LogP contribution in [0.5, 0.6) is 5.75 Å². The molecule has 128 valence electrons. The van der Waals surface area contributed by atoms with Crippen molar-refractivity contribution in [1.82, 2.24) is 5.32 Å². The van der Waals surface area contributed by atoms with Crippen molar-refractivity contribution in [3.63, 3.8) is 0 Å². The number of anilines is 1. The smallest absolute Gasteiger partial charge is 0.242 e. The van der Waals surface area contributed by atoms with Gasteiger partial charge in [0.2, 0.25) is 5.91 Å². The number of halogens is 2. The number of rotatable bonds is 7. The van der Waals surface area contributed by atoms with Crippen molar-refractivity contribution in [3.05, 3.63) is 59.7 Å². The first kappa shape index (κ1) is 17.7. The highest BCUT2D eigenvalue weighted by Gasteiger charge is 2.13. The van der Waals surface area contributed by atoms with Crippen LogP contribution in [-0.2, 0) is 11.2 Å². The molecule has 4 nitrogen and oxygen atoms in total. The molecule has 24 heavy (non-hydrogen) atoms. The Bertz CT molecular complexity index is 690. The van der Waals surface area contributed by atoms with E-state index < -0.39 is 17.7 Å². The molecule has 2 aromatic carbocycles. The zero-order valence-corrected chi connectivity index (χ0v) is 13.6. The molecule has 0 fully saturated rings. The molecule has 0 aliphatic carbocycles. The van der Waals surface area contributed by atoms with Gasteiger partial charge in [0.15, 0.2) is 11.6 Å². The first-order chi connectivity index (χ1) is 11.5. The number of methoxy groups -OCH3 is 1. The summed E-state index contributed by atoms with van der Waals surface area (Å²) >= 11 is 0. The van der Waals surface area contributed by atoms with E-state index in [0.717, 1.165) is 23.4 Å². The van der Waals surface area contributed by atoms with Crippen molar-refractivity contribution in [2.45, 2.75) is 19.4 Å². The van der Waals surface area contributed by atoms with E-state index in [9.17, 15) is 13.6 Å². The monoisotopic (exact) mass is 334 g/mol. The van der Waals surface area contributed by atoms with E-state index in [1.54, 1.807) is 14.0 Å². The lowest BCUT2D eigenvalue weighted by Gasteiger charge is -2.15. The number of carbonyl (C=O) groups is 1. The van der Waals surface area contributed by atoms with Crippen LogP contribution in [0.3, 0.4) is 0 Å². The Morgan fingerprint density at radius 3 is 2.46 bits per heavy atom. The summed E-state index contributed by atoms with van der Waals surface area (Å²) in [6.07, 6.45) is 0.688. The van der Waals surface area contributed by atoms with Gasteiger partial charge in [0.25, 0.3) is 0 Å². The lowest BCUT2D eigenvalue weighted by Crippen LogP contribution is -2.38. The van der Waals surface area contributed by atoms with E-state index in [4.69, 9.17) is 4.74 Å². The van der Waals surface area contributed by atoms with Gasteiger partial charge in [0.1, 0.15) is 11.8 Å². The van der Waals surface area contributed by atoms with Crippen LogP contribution in [-0.4, -0.2) is 25.6 Å². The molecule has 2 aromatic rings. The zero-order chi connectivity index (χ0) is 17.5. The molecule has 1 atom stereocenters. The van der Waals surface area contributed by atoms with Crippen molar-refractivity contribution in [2.75, 3.05) is 19.0 Å². The normalized spacial score (nSPS) is 11.7. The first-order valence-corrected chi connectivity index (χ1v) is 7.62. The van der Waals surface area contributed by atoms with Gasteiger partial charge in [-0.3, -0.25) is 4.79 Å². The van der Waals surface area contributed by atoms with E-state index in [0.29, 0.717) is 18.7 Å². The molecule has 1 unspecified atom stereocenters. The molecule has 2 rings (SSSR count). The summed E-state index contributed by atoms with van der Waals surface area (Å²) in [5.74, 6) is -1.30. The molecule has 0 aliphatic heterocycles.